The first-order valence-corrected chi connectivity index (χ1v) is 8.66. The molecule has 3 N–H and O–H groups in total. The number of carbonyl (C=O) groups is 1. The molecule has 1 atom stereocenters. The molecule has 10 nitrogen and oxygen atoms in total. The molecule has 0 aromatic carbocycles. The van der Waals surface area contributed by atoms with Gasteiger partial charge in [-0.1, -0.05) is 17.7 Å². The normalized spacial score (nSPS) is 12.5. The summed E-state index contributed by atoms with van der Waals surface area (Å²) in [5, 5.41) is 8.69. The molecule has 1 unspecified atom stereocenters. The summed E-state index contributed by atoms with van der Waals surface area (Å²) < 4.78 is 43.5. The Balaban J connectivity index is 2.69. The van der Waals surface area contributed by atoms with E-state index in [2.05, 4.69) is 15.0 Å². The number of aliphatic hydroxyl groups is 1. The minimum absolute atomic E-state index is 0.0260. The number of hydrogen-bond donors (Lipinski definition) is 2. The molecule has 2 amide bonds. The van der Waals surface area contributed by atoms with Crippen LogP contribution >= 0.6 is 11.6 Å². The van der Waals surface area contributed by atoms with Crippen LogP contribution in [-0.2, 0) is 10.0 Å². The molecule has 0 aliphatic heterocycles. The van der Waals surface area contributed by atoms with Gasteiger partial charge >= 0.3 is 6.03 Å². The maximum atomic E-state index is 12.9. The van der Waals surface area contributed by atoms with Gasteiger partial charge in [0.05, 0.1) is 7.11 Å². The minimum Gasteiger partial charge on any atom is -0.481 e. The van der Waals surface area contributed by atoms with E-state index in [0.717, 1.165) is 12.3 Å². The van der Waals surface area contributed by atoms with Gasteiger partial charge < -0.3 is 15.6 Å². The Hall–Kier alpha value is -2.57. The number of hydrogen-bond acceptors (Lipinski definition) is 8. The summed E-state index contributed by atoms with van der Waals surface area (Å²) >= 11 is 5.77. The van der Waals surface area contributed by atoms with Crippen LogP contribution < -0.4 is 14.8 Å². The van der Waals surface area contributed by atoms with Crippen LogP contribution in [-0.4, -0.2) is 48.3 Å². The third-order valence-electron chi connectivity index (χ3n) is 3.04. The standard InChI is InChI=1S/C13H13ClFN5O5S/c1-25-10-5-9(14)18-13(19-10)20(12(16)22)26(23,24)11-7(8(21)6-15)3-2-4-17-11/h2-5,8,21H,6H2,1H3,(H2,16,22). The molecule has 140 valence electrons. The van der Waals surface area contributed by atoms with Crippen molar-refractivity contribution in [2.45, 2.75) is 11.1 Å². The number of carbonyl (C=O) groups excluding carboxylic acids is 1. The van der Waals surface area contributed by atoms with E-state index in [0.29, 0.717) is 0 Å². The van der Waals surface area contributed by atoms with Gasteiger partial charge in [0.15, 0.2) is 5.03 Å². The number of alkyl halides is 1. The van der Waals surface area contributed by atoms with Gasteiger partial charge in [-0.3, -0.25) is 0 Å². The fourth-order valence-electron chi connectivity index (χ4n) is 1.95. The van der Waals surface area contributed by atoms with Crippen LogP contribution in [0.5, 0.6) is 5.88 Å². The molecule has 0 fully saturated rings. The molecule has 13 heteroatoms. The van der Waals surface area contributed by atoms with E-state index < -0.39 is 39.8 Å². The summed E-state index contributed by atoms with van der Waals surface area (Å²) in [5.41, 5.74) is 4.81. The SMILES string of the molecule is COc1cc(Cl)nc(N(C(N)=O)S(=O)(=O)c2ncccc2C(O)CF)n1. The van der Waals surface area contributed by atoms with Crippen molar-refractivity contribution in [3.63, 3.8) is 0 Å². The van der Waals surface area contributed by atoms with E-state index in [1.165, 1.54) is 19.2 Å². The van der Waals surface area contributed by atoms with Crippen molar-refractivity contribution >= 4 is 33.6 Å². The van der Waals surface area contributed by atoms with Crippen LogP contribution in [0.15, 0.2) is 29.4 Å². The lowest BCUT2D eigenvalue weighted by molar-refractivity contribution is 0.138. The zero-order valence-electron chi connectivity index (χ0n) is 13.2. The quantitative estimate of drug-likeness (QED) is 0.670. The molecule has 0 aliphatic carbocycles. The number of ether oxygens (including phenoxy) is 1. The fraction of sp³-hybridized carbons (Fsp3) is 0.231. The number of pyridine rings is 1. The van der Waals surface area contributed by atoms with E-state index in [-0.39, 0.29) is 20.9 Å². The molecular formula is C13H13ClFN5O5S. The predicted molar refractivity (Wildman–Crippen MR) is 88.0 cm³/mol. The number of nitrogens with two attached hydrogens (primary N) is 1. The Morgan fingerprint density at radius 1 is 1.50 bits per heavy atom. The molecule has 2 aromatic heterocycles. The number of urea groups is 1. The summed E-state index contributed by atoms with van der Waals surface area (Å²) in [5.74, 6) is -0.834. The van der Waals surface area contributed by atoms with Crippen molar-refractivity contribution in [3.8, 4) is 5.88 Å². The van der Waals surface area contributed by atoms with Gasteiger partial charge in [0.2, 0.25) is 5.88 Å². The van der Waals surface area contributed by atoms with Crippen LogP contribution in [0.25, 0.3) is 0 Å². The van der Waals surface area contributed by atoms with Gasteiger partial charge in [0, 0.05) is 17.8 Å². The lowest BCUT2D eigenvalue weighted by atomic mass is 10.2. The molecule has 0 saturated carbocycles. The Labute approximate surface area is 152 Å². The van der Waals surface area contributed by atoms with Gasteiger partial charge in [-0.2, -0.15) is 18.4 Å². The average molecular weight is 406 g/mol. The van der Waals surface area contributed by atoms with Crippen molar-refractivity contribution in [3.05, 3.63) is 35.1 Å². The first-order valence-electron chi connectivity index (χ1n) is 6.84. The summed E-state index contributed by atoms with van der Waals surface area (Å²) in [6.45, 7) is -1.27. The number of amides is 2. The second kappa shape index (κ2) is 7.76. The van der Waals surface area contributed by atoms with Crippen molar-refractivity contribution in [1.82, 2.24) is 15.0 Å². The number of aromatic nitrogens is 3. The van der Waals surface area contributed by atoms with Gasteiger partial charge in [-0.25, -0.2) is 14.2 Å². The van der Waals surface area contributed by atoms with Gasteiger partial charge in [0.25, 0.3) is 16.0 Å². The highest BCUT2D eigenvalue weighted by Crippen LogP contribution is 2.27. The highest BCUT2D eigenvalue weighted by atomic mass is 35.5. The van der Waals surface area contributed by atoms with E-state index in [1.807, 2.05) is 0 Å². The van der Waals surface area contributed by atoms with Crippen LogP contribution in [0.3, 0.4) is 0 Å². The summed E-state index contributed by atoms with van der Waals surface area (Å²) in [4.78, 5) is 22.8. The number of anilines is 1. The monoisotopic (exact) mass is 405 g/mol. The van der Waals surface area contributed by atoms with Crippen molar-refractivity contribution in [1.29, 1.82) is 0 Å². The van der Waals surface area contributed by atoms with E-state index in [1.54, 1.807) is 0 Å². The first-order chi connectivity index (χ1) is 12.2. The van der Waals surface area contributed by atoms with Crippen molar-refractivity contribution < 1.29 is 27.4 Å². The molecule has 2 aromatic rings. The Kier molecular flexibility index (Phi) is 5.90. The lowest BCUT2D eigenvalue weighted by Gasteiger charge is -2.20. The zero-order valence-corrected chi connectivity index (χ0v) is 14.8. The smallest absolute Gasteiger partial charge is 0.336 e. The second-order valence-corrected chi connectivity index (χ2v) is 6.80. The highest BCUT2D eigenvalue weighted by Gasteiger charge is 2.36. The maximum Gasteiger partial charge on any atom is 0.336 e. The maximum absolute atomic E-state index is 12.9. The highest BCUT2D eigenvalue weighted by molar-refractivity contribution is 7.93. The molecule has 0 spiro atoms. The van der Waals surface area contributed by atoms with Gasteiger partial charge in [-0.05, 0) is 6.07 Å². The molecule has 0 bridgehead atoms. The van der Waals surface area contributed by atoms with E-state index >= 15 is 0 Å². The molecule has 0 aliphatic rings. The number of sulfonamides is 1. The van der Waals surface area contributed by atoms with Crippen molar-refractivity contribution in [2.75, 3.05) is 18.1 Å². The lowest BCUT2D eigenvalue weighted by Crippen LogP contribution is -2.42. The molecule has 2 heterocycles. The minimum atomic E-state index is -4.80. The van der Waals surface area contributed by atoms with Crippen LogP contribution in [0.2, 0.25) is 5.15 Å². The van der Waals surface area contributed by atoms with E-state index in [9.17, 15) is 22.7 Å². The molecule has 26 heavy (non-hydrogen) atoms. The number of aliphatic hydroxyl groups excluding tert-OH is 1. The summed E-state index contributed by atoms with van der Waals surface area (Å²) in [6, 6.07) is 2.14. The number of nitrogens with zero attached hydrogens (tertiary/aromatic N) is 4. The average Bonchev–Trinajstić information content (AvgIpc) is 2.60. The van der Waals surface area contributed by atoms with Crippen LogP contribution in [0.4, 0.5) is 15.1 Å². The first kappa shape index (κ1) is 19.8. The Bertz CT molecular complexity index is 929. The molecule has 2 rings (SSSR count). The second-order valence-electron chi connectivity index (χ2n) is 4.71. The third-order valence-corrected chi connectivity index (χ3v) is 4.89. The Morgan fingerprint density at radius 2 is 2.19 bits per heavy atom. The molecule has 0 radical (unpaired) electrons. The topological polar surface area (TPSA) is 149 Å². The summed E-state index contributed by atoms with van der Waals surface area (Å²) in [7, 11) is -3.56. The largest absolute Gasteiger partial charge is 0.481 e. The number of methoxy groups -OCH3 is 1. The zero-order chi connectivity index (χ0) is 19.5. The number of halogens is 2. The van der Waals surface area contributed by atoms with Crippen LogP contribution in [0.1, 0.15) is 11.7 Å². The van der Waals surface area contributed by atoms with E-state index in [4.69, 9.17) is 22.1 Å². The Morgan fingerprint density at radius 3 is 2.77 bits per heavy atom. The number of rotatable bonds is 6. The third kappa shape index (κ3) is 3.81. The number of primary amides is 1. The van der Waals surface area contributed by atoms with Gasteiger partial charge in [0.1, 0.15) is 17.9 Å². The summed E-state index contributed by atoms with van der Waals surface area (Å²) in [6.07, 6.45) is -0.696. The molecular weight excluding hydrogens is 393 g/mol. The van der Waals surface area contributed by atoms with Crippen LogP contribution in [0, 0.1) is 0 Å². The predicted octanol–water partition coefficient (Wildman–Crippen LogP) is 0.811. The van der Waals surface area contributed by atoms with Gasteiger partial charge in [-0.15, -0.1) is 4.31 Å². The fourth-order valence-corrected chi connectivity index (χ4v) is 3.52. The van der Waals surface area contributed by atoms with Crippen molar-refractivity contribution in [2.24, 2.45) is 5.73 Å². The molecule has 0 saturated heterocycles.